The van der Waals surface area contributed by atoms with Crippen molar-refractivity contribution in [2.24, 2.45) is 29.1 Å². The van der Waals surface area contributed by atoms with Gasteiger partial charge in [-0.25, -0.2) is 0 Å². The van der Waals surface area contributed by atoms with Gasteiger partial charge in [-0.15, -0.1) is 11.8 Å². The predicted molar refractivity (Wildman–Crippen MR) is 167 cm³/mol. The number of hydrogen-bond acceptors (Lipinski definition) is 2. The summed E-state index contributed by atoms with van der Waals surface area (Å²) in [4.78, 5) is 2.67. The van der Waals surface area contributed by atoms with Crippen molar-refractivity contribution in [2.45, 2.75) is 35.9 Å². The number of benzene rings is 2. The predicted octanol–water partition coefficient (Wildman–Crippen LogP) is 8.57. The quantitative estimate of drug-likeness (QED) is 0.369. The van der Waals surface area contributed by atoms with Gasteiger partial charge in [-0.3, -0.25) is 0 Å². The number of hydrogen-bond donors (Lipinski definition) is 0. The Balaban J connectivity index is 1.11. The second-order valence-electron chi connectivity index (χ2n) is 12.2. The first-order valence-corrected chi connectivity index (χ1v) is 15.5. The highest BCUT2D eigenvalue weighted by Gasteiger charge is 2.54. The van der Waals surface area contributed by atoms with Gasteiger partial charge in [-0.1, -0.05) is 128 Å². The summed E-state index contributed by atoms with van der Waals surface area (Å²) in [5.41, 5.74) is 5.67. The molecule has 2 aromatic rings. The number of anilines is 1. The van der Waals surface area contributed by atoms with Crippen LogP contribution in [0.3, 0.4) is 0 Å². The van der Waals surface area contributed by atoms with Crippen molar-refractivity contribution < 1.29 is 0 Å². The molecule has 0 aromatic heterocycles. The zero-order valence-corrected chi connectivity index (χ0v) is 23.2. The van der Waals surface area contributed by atoms with Crippen LogP contribution in [0.2, 0.25) is 0 Å². The molecule has 0 bridgehead atoms. The zero-order chi connectivity index (χ0) is 26.0. The monoisotopic (exact) mass is 525 g/mol. The van der Waals surface area contributed by atoms with Crippen LogP contribution >= 0.6 is 11.8 Å². The van der Waals surface area contributed by atoms with Gasteiger partial charge in [0.1, 0.15) is 0 Å². The molecule has 1 nitrogen and oxygen atoms in total. The Bertz CT molecular complexity index is 1470. The Hall–Kier alpha value is -3.23. The average molecular weight is 526 g/mol. The lowest BCUT2D eigenvalue weighted by Crippen LogP contribution is -2.39. The highest BCUT2D eigenvalue weighted by Crippen LogP contribution is 2.60. The molecule has 2 fully saturated rings. The Kier molecular flexibility index (Phi) is 5.56. The second kappa shape index (κ2) is 9.17. The molecule has 0 N–H and O–H groups in total. The first-order chi connectivity index (χ1) is 19.2. The molecule has 39 heavy (non-hydrogen) atoms. The number of thioether (sulfide) groups is 1. The van der Waals surface area contributed by atoms with Gasteiger partial charge in [0, 0.05) is 39.4 Å². The SMILES string of the molecule is C[C@@]12C=CCC(C3=CC4C5C=CC=CC5N(c5ccc(-c6ccccc6)cc5)C4C=C3)C1SC1C=CC=CC12. The number of nitrogens with zero attached hydrogens (tertiary/aromatic N) is 1. The van der Waals surface area contributed by atoms with Gasteiger partial charge >= 0.3 is 0 Å². The maximum atomic E-state index is 2.68. The van der Waals surface area contributed by atoms with E-state index in [4.69, 9.17) is 0 Å². The van der Waals surface area contributed by atoms with Crippen molar-refractivity contribution in [1.29, 1.82) is 0 Å². The molecule has 2 heteroatoms. The average Bonchev–Trinajstić information content (AvgIpc) is 3.49. The molecular weight excluding hydrogens is 490 g/mol. The van der Waals surface area contributed by atoms with Crippen LogP contribution in [0.15, 0.2) is 139 Å². The molecule has 9 atom stereocenters. The maximum absolute atomic E-state index is 2.68. The molecule has 8 unspecified atom stereocenters. The smallest absolute Gasteiger partial charge is 0.0552 e. The molecule has 2 aliphatic heterocycles. The van der Waals surface area contributed by atoms with Gasteiger partial charge in [0.25, 0.3) is 0 Å². The lowest BCUT2D eigenvalue weighted by Gasteiger charge is -2.41. The fourth-order valence-electron chi connectivity index (χ4n) is 8.25. The zero-order valence-electron chi connectivity index (χ0n) is 22.4. The summed E-state index contributed by atoms with van der Waals surface area (Å²) in [6.07, 6.45) is 32.7. The van der Waals surface area contributed by atoms with Gasteiger partial charge in [-0.2, -0.15) is 0 Å². The highest BCUT2D eigenvalue weighted by molar-refractivity contribution is 8.01. The van der Waals surface area contributed by atoms with E-state index in [2.05, 4.69) is 157 Å². The molecule has 2 aromatic carbocycles. The van der Waals surface area contributed by atoms with Crippen LogP contribution in [0, 0.1) is 29.1 Å². The van der Waals surface area contributed by atoms with Crippen LogP contribution in [0.5, 0.6) is 0 Å². The van der Waals surface area contributed by atoms with E-state index in [1.165, 1.54) is 16.8 Å². The van der Waals surface area contributed by atoms with Gasteiger partial charge in [-0.05, 0) is 41.2 Å². The van der Waals surface area contributed by atoms with E-state index in [0.29, 0.717) is 46.3 Å². The molecule has 4 aliphatic carbocycles. The molecule has 0 saturated carbocycles. The van der Waals surface area contributed by atoms with Crippen molar-refractivity contribution in [3.05, 3.63) is 139 Å². The third-order valence-corrected chi connectivity index (χ3v) is 12.0. The normalized spacial score (nSPS) is 38.8. The minimum absolute atomic E-state index is 0.225. The van der Waals surface area contributed by atoms with E-state index < -0.39 is 0 Å². The number of rotatable bonds is 3. The molecule has 0 spiro atoms. The molecular formula is C37H35NS. The summed E-state index contributed by atoms with van der Waals surface area (Å²) in [5, 5.41) is 1.23. The molecule has 0 amide bonds. The fourth-order valence-corrected chi connectivity index (χ4v) is 10.3. The van der Waals surface area contributed by atoms with E-state index in [1.807, 2.05) is 0 Å². The van der Waals surface area contributed by atoms with Crippen molar-refractivity contribution >= 4 is 17.4 Å². The molecule has 2 saturated heterocycles. The molecule has 8 rings (SSSR count). The lowest BCUT2D eigenvalue weighted by atomic mass is 9.64. The lowest BCUT2D eigenvalue weighted by molar-refractivity contribution is 0.274. The van der Waals surface area contributed by atoms with E-state index in [1.54, 1.807) is 5.57 Å². The van der Waals surface area contributed by atoms with Crippen LogP contribution in [0.4, 0.5) is 5.69 Å². The van der Waals surface area contributed by atoms with Crippen LogP contribution in [-0.2, 0) is 0 Å². The van der Waals surface area contributed by atoms with Gasteiger partial charge in [0.15, 0.2) is 0 Å². The summed E-state index contributed by atoms with van der Waals surface area (Å²) in [5.74, 6) is 2.18. The van der Waals surface area contributed by atoms with Crippen molar-refractivity contribution in [3.63, 3.8) is 0 Å². The second-order valence-corrected chi connectivity index (χ2v) is 13.5. The Morgan fingerprint density at radius 3 is 2.38 bits per heavy atom. The standard InChI is InChI=1S/C37H35NS/c1-37-23-9-13-29(36(37)39-35-16-8-6-14-32(35)37)27-19-22-34-31(24-27)30-12-5-7-15-33(30)38(34)28-20-17-26(18-21-28)25-10-3-2-4-11-25/h2-12,14-24,29-36H,13H2,1H3/t29?,30?,31?,32?,33?,34?,35?,36?,37-/m0/s1. The Morgan fingerprint density at radius 1 is 0.769 bits per heavy atom. The van der Waals surface area contributed by atoms with Crippen LogP contribution in [0.1, 0.15) is 13.3 Å². The summed E-state index contributed by atoms with van der Waals surface area (Å²) >= 11 is 2.22. The van der Waals surface area contributed by atoms with E-state index in [-0.39, 0.29) is 5.41 Å². The largest absolute Gasteiger partial charge is 0.357 e. The summed E-state index contributed by atoms with van der Waals surface area (Å²) in [6.45, 7) is 2.51. The minimum atomic E-state index is 0.225. The maximum Gasteiger partial charge on any atom is 0.0552 e. The van der Waals surface area contributed by atoms with Crippen molar-refractivity contribution in [1.82, 2.24) is 0 Å². The molecule has 6 aliphatic rings. The van der Waals surface area contributed by atoms with Crippen LogP contribution in [0.25, 0.3) is 11.1 Å². The third-order valence-electron chi connectivity index (χ3n) is 10.2. The van der Waals surface area contributed by atoms with E-state index in [9.17, 15) is 0 Å². The van der Waals surface area contributed by atoms with Gasteiger partial charge < -0.3 is 4.90 Å². The van der Waals surface area contributed by atoms with E-state index in [0.717, 1.165) is 6.42 Å². The number of allylic oxidation sites excluding steroid dienone is 9. The fraction of sp³-hybridized carbons (Fsp3) is 0.297. The summed E-state index contributed by atoms with van der Waals surface area (Å²) in [6, 6.07) is 20.7. The Morgan fingerprint density at radius 2 is 1.51 bits per heavy atom. The minimum Gasteiger partial charge on any atom is -0.357 e. The van der Waals surface area contributed by atoms with E-state index >= 15 is 0 Å². The third kappa shape index (κ3) is 3.68. The molecule has 194 valence electrons. The first kappa shape index (κ1) is 23.6. The van der Waals surface area contributed by atoms with Gasteiger partial charge in [0.2, 0.25) is 0 Å². The van der Waals surface area contributed by atoms with Gasteiger partial charge in [0.05, 0.1) is 12.1 Å². The molecule has 2 heterocycles. The number of fused-ring (bicyclic) bond motifs is 6. The first-order valence-electron chi connectivity index (χ1n) is 14.6. The Labute approximate surface area is 237 Å². The van der Waals surface area contributed by atoms with Crippen molar-refractivity contribution in [3.8, 4) is 11.1 Å². The summed E-state index contributed by atoms with van der Waals surface area (Å²) < 4.78 is 0. The van der Waals surface area contributed by atoms with Crippen LogP contribution < -0.4 is 4.90 Å². The summed E-state index contributed by atoms with van der Waals surface area (Å²) in [7, 11) is 0. The van der Waals surface area contributed by atoms with Crippen molar-refractivity contribution in [2.75, 3.05) is 4.90 Å². The topological polar surface area (TPSA) is 3.24 Å². The van der Waals surface area contributed by atoms with Crippen LogP contribution in [-0.4, -0.2) is 22.6 Å². The highest BCUT2D eigenvalue weighted by atomic mass is 32.2. The molecule has 0 radical (unpaired) electrons.